The fraction of sp³-hybridized carbons (Fsp3) is 0.250. The van der Waals surface area contributed by atoms with Crippen LogP contribution in [-0.4, -0.2) is 27.5 Å². The lowest BCUT2D eigenvalue weighted by molar-refractivity contribution is 0.0936. The number of carbonyl (C=O) groups excluding carboxylic acids is 1. The summed E-state index contributed by atoms with van der Waals surface area (Å²) in [6.45, 7) is 3.12. The van der Waals surface area contributed by atoms with E-state index in [1.54, 1.807) is 0 Å². The summed E-state index contributed by atoms with van der Waals surface area (Å²) in [5, 5.41) is 4.29. The number of hydrogen-bond acceptors (Lipinski definition) is 5. The summed E-state index contributed by atoms with van der Waals surface area (Å²) in [5.74, 6) is -9.83. The second-order valence-corrected chi connectivity index (χ2v) is 6.24. The van der Waals surface area contributed by atoms with Crippen LogP contribution in [0.5, 0.6) is 0 Å². The van der Waals surface area contributed by atoms with Crippen molar-refractivity contribution in [1.82, 2.24) is 5.32 Å². The van der Waals surface area contributed by atoms with Crippen molar-refractivity contribution in [1.29, 1.82) is 0 Å². The van der Waals surface area contributed by atoms with Crippen LogP contribution in [0.25, 0.3) is 10.4 Å². The number of allylic oxidation sites excluding steroid dienone is 1. The molecule has 136 valence electrons. The molecule has 0 aromatic heterocycles. The number of nitrogens with zero attached hydrogens (tertiary/aromatic N) is 3. The maximum Gasteiger partial charge on any atom is 0.292 e. The van der Waals surface area contributed by atoms with Crippen molar-refractivity contribution >= 4 is 21.7 Å². The molecule has 1 N–H and O–H groups in total. The molecule has 0 saturated heterocycles. The monoisotopic (exact) mass is 382 g/mol. The maximum atomic E-state index is 13.7. The molecule has 0 aliphatic carbocycles. The quantitative estimate of drug-likeness (QED) is 0.148. The topological polar surface area (TPSA) is 121 Å². The van der Waals surface area contributed by atoms with Gasteiger partial charge < -0.3 is 5.32 Å². The Kier molecular flexibility index (Phi) is 6.50. The lowest BCUT2D eigenvalue weighted by Gasteiger charge is -2.10. The number of hydrogen-bond donors (Lipinski definition) is 1. The number of rotatable bonds is 7. The molecule has 1 amide bonds. The molecule has 1 rings (SSSR count). The molecule has 0 unspecified atom stereocenters. The van der Waals surface area contributed by atoms with Crippen LogP contribution in [-0.2, 0) is 14.3 Å². The SMILES string of the molecule is C=C(C)S(=O)(=O)OCCNC(=O)c1c(F)c(F)c(N=[N+]=[N-])c(F)c1F. The number of benzene rings is 1. The molecule has 25 heavy (non-hydrogen) atoms. The molecule has 0 saturated carbocycles. The molecule has 0 bridgehead atoms. The van der Waals surface area contributed by atoms with Gasteiger partial charge in [0.25, 0.3) is 16.0 Å². The van der Waals surface area contributed by atoms with Crippen LogP contribution in [0.2, 0.25) is 0 Å². The minimum atomic E-state index is -4.06. The first-order valence-electron chi connectivity index (χ1n) is 6.28. The number of nitrogens with one attached hydrogen (secondary N) is 1. The van der Waals surface area contributed by atoms with E-state index in [2.05, 4.69) is 15.9 Å². The fourth-order valence-electron chi connectivity index (χ4n) is 1.46. The predicted molar refractivity (Wildman–Crippen MR) is 77.1 cm³/mol. The van der Waals surface area contributed by atoms with Gasteiger partial charge in [-0.05, 0) is 12.5 Å². The Bertz CT molecular complexity index is 853. The van der Waals surface area contributed by atoms with E-state index in [4.69, 9.17) is 5.53 Å². The van der Waals surface area contributed by atoms with E-state index in [9.17, 15) is 30.8 Å². The van der Waals surface area contributed by atoms with Crippen LogP contribution >= 0.6 is 0 Å². The van der Waals surface area contributed by atoms with Crippen LogP contribution in [0.3, 0.4) is 0 Å². The van der Waals surface area contributed by atoms with Crippen molar-refractivity contribution < 1.29 is 35.0 Å². The van der Waals surface area contributed by atoms with Gasteiger partial charge >= 0.3 is 0 Å². The number of azide groups is 1. The van der Waals surface area contributed by atoms with Crippen molar-refractivity contribution in [3.63, 3.8) is 0 Å². The van der Waals surface area contributed by atoms with Gasteiger partial charge in [0, 0.05) is 11.5 Å². The number of halogens is 4. The van der Waals surface area contributed by atoms with Gasteiger partial charge in [0.05, 0.1) is 11.5 Å². The summed E-state index contributed by atoms with van der Waals surface area (Å²) in [4.78, 5) is 13.4. The van der Waals surface area contributed by atoms with Crippen molar-refractivity contribution in [2.45, 2.75) is 6.92 Å². The van der Waals surface area contributed by atoms with Gasteiger partial charge in [-0.25, -0.2) is 17.6 Å². The fourth-order valence-corrected chi connectivity index (χ4v) is 1.96. The average Bonchev–Trinajstić information content (AvgIpc) is 2.54. The Morgan fingerprint density at radius 3 is 2.20 bits per heavy atom. The highest BCUT2D eigenvalue weighted by Gasteiger charge is 2.28. The predicted octanol–water partition coefficient (Wildman–Crippen LogP) is 2.79. The van der Waals surface area contributed by atoms with Gasteiger partial charge in [0.2, 0.25) is 0 Å². The molecule has 1 aromatic rings. The zero-order chi connectivity index (χ0) is 19.4. The number of amides is 1. The Morgan fingerprint density at radius 1 is 1.24 bits per heavy atom. The highest BCUT2D eigenvalue weighted by Crippen LogP contribution is 2.30. The van der Waals surface area contributed by atoms with Crippen LogP contribution in [0, 0.1) is 23.3 Å². The molecule has 0 aliphatic rings. The van der Waals surface area contributed by atoms with Gasteiger partial charge in [0.1, 0.15) is 11.3 Å². The highest BCUT2D eigenvalue weighted by atomic mass is 32.2. The summed E-state index contributed by atoms with van der Waals surface area (Å²) in [5.41, 5.74) is 4.94. The third kappa shape index (κ3) is 4.47. The second-order valence-electron chi connectivity index (χ2n) is 4.40. The summed E-state index contributed by atoms with van der Waals surface area (Å²) < 4.78 is 81.4. The molecule has 0 radical (unpaired) electrons. The van der Waals surface area contributed by atoms with Crippen molar-refractivity contribution in [3.05, 3.63) is 50.8 Å². The molecule has 0 fully saturated rings. The first-order chi connectivity index (χ1) is 11.5. The summed E-state index contributed by atoms with van der Waals surface area (Å²) in [6.07, 6.45) is 0. The van der Waals surface area contributed by atoms with E-state index in [0.717, 1.165) is 6.92 Å². The van der Waals surface area contributed by atoms with Crippen molar-refractivity contribution in [3.8, 4) is 0 Å². The summed E-state index contributed by atoms with van der Waals surface area (Å²) >= 11 is 0. The van der Waals surface area contributed by atoms with E-state index < -0.39 is 63.7 Å². The van der Waals surface area contributed by atoms with Crippen LogP contribution in [0.1, 0.15) is 17.3 Å². The molecule has 1 aromatic carbocycles. The minimum absolute atomic E-state index is 0.311. The molecule has 8 nitrogen and oxygen atoms in total. The zero-order valence-electron chi connectivity index (χ0n) is 12.5. The average molecular weight is 382 g/mol. The Morgan fingerprint density at radius 2 is 1.76 bits per heavy atom. The summed E-state index contributed by atoms with van der Waals surface area (Å²) in [6, 6.07) is 0. The lowest BCUT2D eigenvalue weighted by Crippen LogP contribution is -2.30. The zero-order valence-corrected chi connectivity index (χ0v) is 13.3. The molecular weight excluding hydrogens is 372 g/mol. The Balaban J connectivity index is 2.97. The first kappa shape index (κ1) is 20.4. The Labute approximate surface area is 138 Å². The molecule has 0 spiro atoms. The van der Waals surface area contributed by atoms with Crippen molar-refractivity contribution in [2.75, 3.05) is 13.2 Å². The Hall–Kier alpha value is -2.63. The van der Waals surface area contributed by atoms with Crippen LogP contribution < -0.4 is 5.32 Å². The molecule has 0 aliphatic heterocycles. The van der Waals surface area contributed by atoms with E-state index in [1.807, 2.05) is 10.2 Å². The first-order valence-corrected chi connectivity index (χ1v) is 7.69. The molecule has 13 heteroatoms. The maximum absolute atomic E-state index is 13.7. The largest absolute Gasteiger partial charge is 0.349 e. The van der Waals surface area contributed by atoms with Crippen molar-refractivity contribution in [2.24, 2.45) is 5.11 Å². The summed E-state index contributed by atoms with van der Waals surface area (Å²) in [7, 11) is -4.06. The van der Waals surface area contributed by atoms with Gasteiger partial charge in [-0.3, -0.25) is 8.98 Å². The van der Waals surface area contributed by atoms with E-state index >= 15 is 0 Å². The molecular formula is C12H10F4N4O4S. The van der Waals surface area contributed by atoms with Gasteiger partial charge in [0.15, 0.2) is 23.3 Å². The normalized spacial score (nSPS) is 10.9. The molecule has 0 atom stereocenters. The highest BCUT2D eigenvalue weighted by molar-refractivity contribution is 7.90. The standard InChI is InChI=1S/C12H10F4N4O4S/c1-5(2)25(22,23)24-4-3-18-12(21)6-7(13)9(15)11(19-20-17)10(16)8(6)14/h1,3-4H2,2H3,(H,18,21). The lowest BCUT2D eigenvalue weighted by atomic mass is 10.1. The van der Waals surface area contributed by atoms with Gasteiger partial charge in [-0.1, -0.05) is 11.7 Å². The van der Waals surface area contributed by atoms with E-state index in [-0.39, 0.29) is 4.91 Å². The van der Waals surface area contributed by atoms with Gasteiger partial charge in [-0.2, -0.15) is 8.42 Å². The molecule has 0 heterocycles. The number of carbonyl (C=O) groups is 1. The second kappa shape index (κ2) is 7.96. The van der Waals surface area contributed by atoms with E-state index in [1.165, 1.54) is 0 Å². The van der Waals surface area contributed by atoms with Gasteiger partial charge in [-0.15, -0.1) is 0 Å². The third-order valence-corrected chi connectivity index (χ3v) is 4.00. The third-order valence-electron chi connectivity index (χ3n) is 2.66. The smallest absolute Gasteiger partial charge is 0.292 e. The van der Waals surface area contributed by atoms with E-state index in [0.29, 0.717) is 0 Å². The van der Waals surface area contributed by atoms with Crippen LogP contribution in [0.15, 0.2) is 16.6 Å². The van der Waals surface area contributed by atoms with Crippen LogP contribution in [0.4, 0.5) is 23.2 Å². The minimum Gasteiger partial charge on any atom is -0.349 e.